The van der Waals surface area contributed by atoms with Gasteiger partial charge in [-0.3, -0.25) is 13.9 Å². The second kappa shape index (κ2) is 11.7. The van der Waals surface area contributed by atoms with Crippen LogP contribution in [0.25, 0.3) is 0 Å². The van der Waals surface area contributed by atoms with Crippen molar-refractivity contribution in [1.82, 2.24) is 9.13 Å². The molecule has 2 aliphatic heterocycles. The van der Waals surface area contributed by atoms with E-state index in [9.17, 15) is 18.0 Å². The number of hydrogen-bond donors (Lipinski definition) is 1. The molecule has 42 heavy (non-hydrogen) atoms. The molecule has 1 fully saturated rings. The second-order valence-corrected chi connectivity index (χ2v) is 26.1. The second-order valence-electron chi connectivity index (χ2n) is 14.3. The highest BCUT2D eigenvalue weighted by molar-refractivity contribution is 9.09. The zero-order valence-corrected chi connectivity index (χ0v) is 31.1. The fourth-order valence-electron chi connectivity index (χ4n) is 4.57. The fraction of sp³-hybridized carbons (Fsp3) is 0.778. The maximum atomic E-state index is 13.9. The van der Waals surface area contributed by atoms with Gasteiger partial charge in [-0.1, -0.05) is 57.5 Å². The first-order chi connectivity index (χ1) is 18.9. The summed E-state index contributed by atoms with van der Waals surface area (Å²) in [5.74, 6) is 0. The first-order valence-corrected chi connectivity index (χ1v) is 22.6. The smallest absolute Gasteiger partial charge is 0.333 e. The molecule has 15 heteroatoms. The number of aromatic nitrogens is 2. The number of alkyl halides is 1. The summed E-state index contributed by atoms with van der Waals surface area (Å²) in [5, 5.41) is 1.07. The van der Waals surface area contributed by atoms with Gasteiger partial charge in [0.2, 0.25) is 0 Å². The predicted octanol–water partition coefficient (Wildman–Crippen LogP) is 4.31. The van der Waals surface area contributed by atoms with Crippen LogP contribution in [0.15, 0.2) is 26.9 Å². The van der Waals surface area contributed by atoms with Crippen LogP contribution in [0.1, 0.15) is 59.8 Å². The molecule has 3 rings (SSSR count). The molecule has 2 aliphatic rings. The Bertz CT molecular complexity index is 1440. The predicted molar refractivity (Wildman–Crippen MR) is 172 cm³/mol. The molecule has 1 spiro atoms. The van der Waals surface area contributed by atoms with Crippen molar-refractivity contribution in [3.05, 3.63) is 43.7 Å². The lowest BCUT2D eigenvalue weighted by atomic mass is 9.89. The van der Waals surface area contributed by atoms with Crippen LogP contribution >= 0.6 is 15.9 Å². The highest BCUT2D eigenvalue weighted by atomic mass is 79.9. The summed E-state index contributed by atoms with van der Waals surface area (Å²) in [6, 6.07) is 0. The van der Waals surface area contributed by atoms with E-state index in [4.69, 9.17) is 23.5 Å². The molecule has 0 aliphatic carbocycles. The Kier molecular flexibility index (Phi) is 9.86. The first kappa shape index (κ1) is 35.4. The summed E-state index contributed by atoms with van der Waals surface area (Å²) < 4.78 is 54.3. The van der Waals surface area contributed by atoms with E-state index in [0.717, 1.165) is 5.41 Å². The Morgan fingerprint density at radius 1 is 1.07 bits per heavy atom. The topological polar surface area (TPSA) is 141 Å². The van der Waals surface area contributed by atoms with E-state index < -0.39 is 62.0 Å². The van der Waals surface area contributed by atoms with E-state index in [1.54, 1.807) is 6.92 Å². The Morgan fingerprint density at radius 2 is 1.64 bits per heavy atom. The van der Waals surface area contributed by atoms with Gasteiger partial charge in [0.15, 0.2) is 28.5 Å². The highest BCUT2D eigenvalue weighted by Gasteiger charge is 2.67. The van der Waals surface area contributed by atoms with Crippen molar-refractivity contribution in [2.24, 2.45) is 5.73 Å². The molecule has 1 aromatic heterocycles. The summed E-state index contributed by atoms with van der Waals surface area (Å²) in [6.45, 7) is 22.4. The van der Waals surface area contributed by atoms with Crippen LogP contribution in [0, 0.1) is 6.92 Å². The van der Waals surface area contributed by atoms with Gasteiger partial charge in [0.05, 0.1) is 17.7 Å². The minimum Gasteiger partial charge on any atom is -0.414 e. The zero-order chi connectivity index (χ0) is 32.3. The molecule has 1 aromatic rings. The van der Waals surface area contributed by atoms with Gasteiger partial charge in [0.25, 0.3) is 15.7 Å². The normalized spacial score (nSPS) is 26.7. The third-order valence-electron chi connectivity index (χ3n) is 9.23. The van der Waals surface area contributed by atoms with E-state index in [1.165, 1.54) is 15.3 Å². The molecule has 240 valence electrons. The number of nitrogens with two attached hydrogens (primary N) is 1. The third-order valence-corrected chi connectivity index (χ3v) is 19.8. The number of rotatable bonds is 9. The van der Waals surface area contributed by atoms with Gasteiger partial charge >= 0.3 is 5.69 Å². The Balaban J connectivity index is 2.29. The Morgan fingerprint density at radius 3 is 2.12 bits per heavy atom. The standard InChI is InChI=1S/C27H48BrN3O8SSi2/c1-18-15-31(24(33)30(22(18)32)14-12-13-28)23-21(38-42(10,11)26(5,6)7)27(19(29)17-40(34,35)39-27)20(37-23)16-36-41(8,9)25(2,3)4/h15,17,20-21,23H,12-14,16,29H2,1-11H3/t20?,21-,23+,27?/m0/s1. The van der Waals surface area contributed by atoms with Gasteiger partial charge in [-0.25, -0.2) is 8.98 Å². The molecule has 0 radical (unpaired) electrons. The van der Waals surface area contributed by atoms with Crippen molar-refractivity contribution in [3.8, 4) is 0 Å². The average molecular weight is 711 g/mol. The zero-order valence-electron chi connectivity index (χ0n) is 26.7. The average Bonchev–Trinajstić information content (AvgIpc) is 3.25. The molecule has 1 saturated heterocycles. The molecule has 4 atom stereocenters. The molecule has 0 bridgehead atoms. The van der Waals surface area contributed by atoms with Gasteiger partial charge in [-0.2, -0.15) is 8.42 Å². The Labute approximate surface area is 260 Å². The number of hydrogen-bond acceptors (Lipinski definition) is 9. The van der Waals surface area contributed by atoms with Gasteiger partial charge in [0.1, 0.15) is 12.2 Å². The molecule has 11 nitrogen and oxygen atoms in total. The van der Waals surface area contributed by atoms with Crippen LogP contribution in [0.2, 0.25) is 36.3 Å². The number of nitrogens with zero attached hydrogens (tertiary/aromatic N) is 2. The summed E-state index contributed by atoms with van der Waals surface area (Å²) in [5.41, 5.74) is 4.01. The van der Waals surface area contributed by atoms with E-state index >= 15 is 0 Å². The molecule has 0 saturated carbocycles. The minimum atomic E-state index is -4.20. The number of aryl methyl sites for hydroxylation is 1. The van der Waals surface area contributed by atoms with Crippen LogP contribution in [-0.2, 0) is 34.4 Å². The molecule has 0 amide bonds. The first-order valence-electron chi connectivity index (χ1n) is 14.2. The van der Waals surface area contributed by atoms with Crippen molar-refractivity contribution in [3.63, 3.8) is 0 Å². The van der Waals surface area contributed by atoms with E-state index in [0.29, 0.717) is 17.3 Å². The minimum absolute atomic E-state index is 0.0363. The van der Waals surface area contributed by atoms with Crippen molar-refractivity contribution in [2.75, 3.05) is 11.9 Å². The van der Waals surface area contributed by atoms with E-state index in [-0.39, 0.29) is 28.9 Å². The van der Waals surface area contributed by atoms with Crippen molar-refractivity contribution < 1.29 is 26.2 Å². The SMILES string of the molecule is Cc1cn([C@@H]2OC(CO[Si](C)(C)C(C)(C)C)C3(OS(=O)(=O)C=C3N)[C@H]2O[Si](C)(C)C(C)(C)C)c(=O)n(CCCBr)c1=O. The van der Waals surface area contributed by atoms with E-state index in [1.807, 2.05) is 13.1 Å². The molecule has 2 unspecified atom stereocenters. The maximum Gasteiger partial charge on any atom is 0.333 e. The molecule has 3 heterocycles. The van der Waals surface area contributed by atoms with Gasteiger partial charge in [-0.15, -0.1) is 0 Å². The number of halogens is 1. The maximum absolute atomic E-state index is 13.9. The summed E-state index contributed by atoms with van der Waals surface area (Å²) in [6.07, 6.45) is -1.34. The highest BCUT2D eigenvalue weighted by Crippen LogP contribution is 2.52. The molecular weight excluding hydrogens is 662 g/mol. The van der Waals surface area contributed by atoms with Gasteiger partial charge in [0, 0.05) is 23.6 Å². The van der Waals surface area contributed by atoms with Crippen molar-refractivity contribution in [1.29, 1.82) is 0 Å². The third kappa shape index (κ3) is 6.48. The van der Waals surface area contributed by atoms with Crippen LogP contribution in [0.3, 0.4) is 0 Å². The largest absolute Gasteiger partial charge is 0.414 e. The van der Waals surface area contributed by atoms with Crippen LogP contribution in [-0.4, -0.2) is 63.9 Å². The van der Waals surface area contributed by atoms with Crippen LogP contribution in [0.4, 0.5) is 0 Å². The summed E-state index contributed by atoms with van der Waals surface area (Å²) >= 11 is 3.36. The monoisotopic (exact) mass is 709 g/mol. The molecular formula is C27H48BrN3O8SSi2. The fourth-order valence-corrected chi connectivity index (χ4v) is 8.33. The molecule has 0 aromatic carbocycles. The molecule has 2 N–H and O–H groups in total. The van der Waals surface area contributed by atoms with Gasteiger partial charge in [-0.05, 0) is 49.6 Å². The van der Waals surface area contributed by atoms with Crippen LogP contribution in [0.5, 0.6) is 0 Å². The van der Waals surface area contributed by atoms with Gasteiger partial charge < -0.3 is 19.3 Å². The quantitative estimate of drug-likeness (QED) is 0.226. The lowest BCUT2D eigenvalue weighted by Crippen LogP contribution is -2.59. The van der Waals surface area contributed by atoms with E-state index in [2.05, 4.69) is 70.6 Å². The summed E-state index contributed by atoms with van der Waals surface area (Å²) in [4.78, 5) is 26.9. The number of ether oxygens (including phenoxy) is 1. The Hall–Kier alpha value is -1.08. The van der Waals surface area contributed by atoms with Crippen LogP contribution < -0.4 is 17.0 Å². The van der Waals surface area contributed by atoms with Crippen molar-refractivity contribution in [2.45, 2.75) is 122 Å². The lowest BCUT2D eigenvalue weighted by molar-refractivity contribution is -0.0567. The van der Waals surface area contributed by atoms with Crippen molar-refractivity contribution >= 4 is 42.7 Å². The lowest BCUT2D eigenvalue weighted by Gasteiger charge is -2.43. The summed E-state index contributed by atoms with van der Waals surface area (Å²) in [7, 11) is -9.22.